The quantitative estimate of drug-likeness (QED) is 0.570. The van der Waals surface area contributed by atoms with E-state index in [0.29, 0.717) is 23.7 Å². The monoisotopic (exact) mass is 270 g/mol. The predicted octanol–water partition coefficient (Wildman–Crippen LogP) is 3.52. The Morgan fingerprint density at radius 3 is 2.55 bits per heavy atom. The molecular weight excluding hydrogens is 252 g/mol. The lowest BCUT2D eigenvalue weighted by Crippen LogP contribution is -2.01. The van der Waals surface area contributed by atoms with Crippen molar-refractivity contribution in [1.29, 1.82) is 0 Å². The Labute approximate surface area is 119 Å². The molecular formula is C17H18O3. The topological polar surface area (TPSA) is 35.5 Å². The van der Waals surface area contributed by atoms with Gasteiger partial charge < -0.3 is 9.47 Å². The molecule has 0 aliphatic rings. The highest BCUT2D eigenvalue weighted by molar-refractivity contribution is 5.76. The Hall–Kier alpha value is -2.29. The summed E-state index contributed by atoms with van der Waals surface area (Å²) in [6.45, 7) is 0.591. The smallest absolute Gasteiger partial charge is 0.161 e. The first-order chi connectivity index (χ1) is 9.83. The van der Waals surface area contributed by atoms with Crippen molar-refractivity contribution in [3.8, 4) is 11.5 Å². The van der Waals surface area contributed by atoms with Gasteiger partial charge in [0.05, 0.1) is 13.7 Å². The second-order valence-corrected chi connectivity index (χ2v) is 4.47. The highest BCUT2D eigenvalue weighted by atomic mass is 16.5. The average Bonchev–Trinajstić information content (AvgIpc) is 2.52. The van der Waals surface area contributed by atoms with Gasteiger partial charge in [-0.25, -0.2) is 0 Å². The highest BCUT2D eigenvalue weighted by Crippen LogP contribution is 2.27. The third-order valence-corrected chi connectivity index (χ3v) is 3.03. The summed E-state index contributed by atoms with van der Waals surface area (Å²) < 4.78 is 10.9. The number of hydrogen-bond acceptors (Lipinski definition) is 3. The zero-order chi connectivity index (χ0) is 14.2. The van der Waals surface area contributed by atoms with Gasteiger partial charge in [0, 0.05) is 5.56 Å². The number of hydrogen-bond donors (Lipinski definition) is 0. The van der Waals surface area contributed by atoms with E-state index in [1.54, 1.807) is 25.3 Å². The molecule has 3 heteroatoms. The molecule has 20 heavy (non-hydrogen) atoms. The van der Waals surface area contributed by atoms with Gasteiger partial charge in [-0.05, 0) is 36.6 Å². The largest absolute Gasteiger partial charge is 0.493 e. The van der Waals surface area contributed by atoms with Gasteiger partial charge in [0.25, 0.3) is 0 Å². The molecule has 0 bridgehead atoms. The van der Waals surface area contributed by atoms with Crippen LogP contribution in [0.4, 0.5) is 0 Å². The van der Waals surface area contributed by atoms with Crippen LogP contribution in [0, 0.1) is 0 Å². The molecule has 0 heterocycles. The Bertz CT molecular complexity index is 549. The normalized spacial score (nSPS) is 10.1. The molecule has 0 aromatic heterocycles. The predicted molar refractivity (Wildman–Crippen MR) is 78.6 cm³/mol. The first-order valence-electron chi connectivity index (χ1n) is 6.63. The molecule has 0 spiro atoms. The summed E-state index contributed by atoms with van der Waals surface area (Å²) in [5.74, 6) is 1.26. The van der Waals surface area contributed by atoms with Gasteiger partial charge in [-0.3, -0.25) is 4.79 Å². The van der Waals surface area contributed by atoms with Crippen LogP contribution < -0.4 is 9.47 Å². The van der Waals surface area contributed by atoms with Crippen LogP contribution in [0.2, 0.25) is 0 Å². The van der Waals surface area contributed by atoms with E-state index in [-0.39, 0.29) is 0 Å². The molecule has 0 saturated heterocycles. The maximum atomic E-state index is 10.8. The molecule has 0 aliphatic heterocycles. The number of carbonyl (C=O) groups excluding carboxylic acids is 1. The second-order valence-electron chi connectivity index (χ2n) is 4.47. The third kappa shape index (κ3) is 3.85. The number of benzene rings is 2. The molecule has 0 atom stereocenters. The molecule has 2 aromatic rings. The summed E-state index contributed by atoms with van der Waals surface area (Å²) in [5.41, 5.74) is 1.88. The van der Waals surface area contributed by atoms with E-state index in [1.165, 1.54) is 5.56 Å². The van der Waals surface area contributed by atoms with Crippen molar-refractivity contribution >= 4 is 6.29 Å². The summed E-state index contributed by atoms with van der Waals surface area (Å²) in [5, 5.41) is 0. The first-order valence-corrected chi connectivity index (χ1v) is 6.63. The fourth-order valence-corrected chi connectivity index (χ4v) is 1.98. The fraction of sp³-hybridized carbons (Fsp3) is 0.235. The maximum absolute atomic E-state index is 10.8. The number of methoxy groups -OCH3 is 1. The molecule has 0 aliphatic carbocycles. The summed E-state index contributed by atoms with van der Waals surface area (Å²) >= 11 is 0. The number of rotatable bonds is 7. The molecule has 2 aromatic carbocycles. The van der Waals surface area contributed by atoms with Gasteiger partial charge in [-0.1, -0.05) is 30.3 Å². The number of carbonyl (C=O) groups is 1. The summed E-state index contributed by atoms with van der Waals surface area (Å²) in [6, 6.07) is 15.4. The van der Waals surface area contributed by atoms with Crippen LogP contribution in [0.15, 0.2) is 48.5 Å². The Balaban J connectivity index is 1.88. The summed E-state index contributed by atoms with van der Waals surface area (Å²) in [6.07, 6.45) is 2.69. The Morgan fingerprint density at radius 1 is 1.05 bits per heavy atom. The van der Waals surface area contributed by atoms with Crippen molar-refractivity contribution in [2.75, 3.05) is 13.7 Å². The lowest BCUT2D eigenvalue weighted by Gasteiger charge is -2.11. The minimum atomic E-state index is 0.587. The fourth-order valence-electron chi connectivity index (χ4n) is 1.98. The molecule has 0 fully saturated rings. The van der Waals surface area contributed by atoms with Gasteiger partial charge in [-0.15, -0.1) is 0 Å². The Kier molecular flexibility index (Phi) is 5.18. The molecule has 104 valence electrons. The van der Waals surface area contributed by atoms with E-state index >= 15 is 0 Å². The SMILES string of the molecule is COc1ccc(C=O)cc1OCCCc1ccccc1. The summed E-state index contributed by atoms with van der Waals surface area (Å²) in [7, 11) is 1.59. The van der Waals surface area contributed by atoms with Gasteiger partial charge in [-0.2, -0.15) is 0 Å². The molecule has 0 amide bonds. The van der Waals surface area contributed by atoms with Gasteiger partial charge >= 0.3 is 0 Å². The molecule has 0 saturated carbocycles. The average molecular weight is 270 g/mol. The van der Waals surface area contributed by atoms with E-state index in [2.05, 4.69) is 12.1 Å². The standard InChI is InChI=1S/C17H18O3/c1-19-16-10-9-15(13-18)12-17(16)20-11-5-8-14-6-3-2-4-7-14/h2-4,6-7,9-10,12-13H,5,8,11H2,1H3. The van der Waals surface area contributed by atoms with Crippen molar-refractivity contribution in [1.82, 2.24) is 0 Å². The van der Waals surface area contributed by atoms with E-state index < -0.39 is 0 Å². The van der Waals surface area contributed by atoms with Gasteiger partial charge in [0.1, 0.15) is 6.29 Å². The summed E-state index contributed by atoms with van der Waals surface area (Å²) in [4.78, 5) is 10.8. The van der Waals surface area contributed by atoms with Crippen LogP contribution >= 0.6 is 0 Å². The number of aldehydes is 1. The van der Waals surface area contributed by atoms with E-state index in [9.17, 15) is 4.79 Å². The maximum Gasteiger partial charge on any atom is 0.161 e. The molecule has 0 N–H and O–H groups in total. The van der Waals surface area contributed by atoms with Crippen molar-refractivity contribution in [3.05, 3.63) is 59.7 Å². The molecule has 3 nitrogen and oxygen atoms in total. The van der Waals surface area contributed by atoms with Crippen molar-refractivity contribution in [2.24, 2.45) is 0 Å². The van der Waals surface area contributed by atoms with Gasteiger partial charge in [0.15, 0.2) is 11.5 Å². The number of ether oxygens (including phenoxy) is 2. The Morgan fingerprint density at radius 2 is 1.85 bits per heavy atom. The van der Waals surface area contributed by atoms with Gasteiger partial charge in [0.2, 0.25) is 0 Å². The van der Waals surface area contributed by atoms with Crippen molar-refractivity contribution in [2.45, 2.75) is 12.8 Å². The van der Waals surface area contributed by atoms with Crippen molar-refractivity contribution < 1.29 is 14.3 Å². The van der Waals surface area contributed by atoms with Crippen LogP contribution in [0.25, 0.3) is 0 Å². The van der Waals surface area contributed by atoms with Crippen LogP contribution in [0.3, 0.4) is 0 Å². The van der Waals surface area contributed by atoms with Crippen LogP contribution in [0.5, 0.6) is 11.5 Å². The van der Waals surface area contributed by atoms with Crippen LogP contribution in [-0.2, 0) is 6.42 Å². The minimum Gasteiger partial charge on any atom is -0.493 e. The highest BCUT2D eigenvalue weighted by Gasteiger charge is 2.05. The minimum absolute atomic E-state index is 0.587. The molecule has 2 rings (SSSR count). The lowest BCUT2D eigenvalue weighted by molar-refractivity contribution is 0.112. The second kappa shape index (κ2) is 7.34. The third-order valence-electron chi connectivity index (χ3n) is 3.03. The number of aryl methyl sites for hydroxylation is 1. The van der Waals surface area contributed by atoms with Crippen LogP contribution in [0.1, 0.15) is 22.3 Å². The van der Waals surface area contributed by atoms with E-state index in [4.69, 9.17) is 9.47 Å². The lowest BCUT2D eigenvalue weighted by atomic mass is 10.1. The van der Waals surface area contributed by atoms with Crippen molar-refractivity contribution in [3.63, 3.8) is 0 Å². The van der Waals surface area contributed by atoms with Crippen LogP contribution in [-0.4, -0.2) is 20.0 Å². The van der Waals surface area contributed by atoms with E-state index in [0.717, 1.165) is 19.1 Å². The molecule has 0 unspecified atom stereocenters. The van der Waals surface area contributed by atoms with E-state index in [1.807, 2.05) is 18.2 Å². The zero-order valence-electron chi connectivity index (χ0n) is 11.5. The molecule has 0 radical (unpaired) electrons. The first kappa shape index (κ1) is 14.1. The zero-order valence-corrected chi connectivity index (χ0v) is 11.5.